The Morgan fingerprint density at radius 1 is 1.37 bits per heavy atom. The van der Waals surface area contributed by atoms with Gasteiger partial charge < -0.3 is 26.1 Å². The fraction of sp³-hybridized carbons (Fsp3) is 0.500. The van der Waals surface area contributed by atoms with Gasteiger partial charge in [0.15, 0.2) is 0 Å². The normalized spacial score (nSPS) is 20.3. The fourth-order valence-corrected chi connectivity index (χ4v) is 3.90. The minimum Gasteiger partial charge on any atom is -0.379 e. The molecule has 1 aliphatic heterocycles. The Kier molecular flexibility index (Phi) is 6.13. The predicted molar refractivity (Wildman–Crippen MR) is 104 cm³/mol. The van der Waals surface area contributed by atoms with Crippen LogP contribution in [-0.2, 0) is 20.7 Å². The maximum absolute atomic E-state index is 12.8. The Hall–Kier alpha value is -2.38. The number of primary amides is 1. The number of amides is 2. The van der Waals surface area contributed by atoms with Crippen LogP contribution in [-0.4, -0.2) is 48.6 Å². The zero-order chi connectivity index (χ0) is 19.4. The van der Waals surface area contributed by atoms with Crippen LogP contribution >= 0.6 is 0 Å². The Bertz CT molecular complexity index is 797. The van der Waals surface area contributed by atoms with E-state index in [4.69, 9.17) is 10.5 Å². The van der Waals surface area contributed by atoms with Gasteiger partial charge in [-0.15, -0.1) is 0 Å². The summed E-state index contributed by atoms with van der Waals surface area (Å²) in [4.78, 5) is 27.9. The first-order valence-corrected chi connectivity index (χ1v) is 9.42. The van der Waals surface area contributed by atoms with E-state index >= 15 is 0 Å². The molecule has 3 unspecified atom stereocenters. The molecule has 2 amide bonds. The second-order valence-corrected chi connectivity index (χ2v) is 7.22. The van der Waals surface area contributed by atoms with Crippen LogP contribution < -0.4 is 16.4 Å². The van der Waals surface area contributed by atoms with E-state index in [1.807, 2.05) is 37.4 Å². The molecule has 27 heavy (non-hydrogen) atoms. The Balaban J connectivity index is 1.69. The molecule has 1 aromatic carbocycles. The lowest BCUT2D eigenvalue weighted by atomic mass is 9.95. The molecular weight excluding hydrogens is 344 g/mol. The molecule has 1 saturated heterocycles. The molecule has 0 radical (unpaired) electrons. The highest BCUT2D eigenvalue weighted by molar-refractivity contribution is 5.89. The molecule has 1 aromatic heterocycles. The average molecular weight is 372 g/mol. The largest absolute Gasteiger partial charge is 0.379 e. The number of carbonyl (C=O) groups excluding carboxylic acids is 2. The first-order valence-electron chi connectivity index (χ1n) is 9.42. The van der Waals surface area contributed by atoms with E-state index in [2.05, 4.69) is 15.6 Å². The van der Waals surface area contributed by atoms with Gasteiger partial charge in [0, 0.05) is 36.7 Å². The van der Waals surface area contributed by atoms with Crippen molar-refractivity contribution in [3.63, 3.8) is 0 Å². The smallest absolute Gasteiger partial charge is 0.240 e. The number of hydrogen-bond acceptors (Lipinski definition) is 4. The van der Waals surface area contributed by atoms with Crippen molar-refractivity contribution in [3.8, 4) is 0 Å². The summed E-state index contributed by atoms with van der Waals surface area (Å²) in [5.41, 5.74) is 7.50. The van der Waals surface area contributed by atoms with Crippen LogP contribution in [0, 0.1) is 5.92 Å². The number of ether oxygens (including phenoxy) is 1. The molecule has 7 nitrogen and oxygen atoms in total. The van der Waals surface area contributed by atoms with Gasteiger partial charge in [0.1, 0.15) is 6.04 Å². The minimum absolute atomic E-state index is 0.149. The summed E-state index contributed by atoms with van der Waals surface area (Å²) in [6.45, 7) is 2.76. The minimum atomic E-state index is -0.770. The van der Waals surface area contributed by atoms with Crippen molar-refractivity contribution in [1.29, 1.82) is 0 Å². The Morgan fingerprint density at radius 3 is 2.81 bits per heavy atom. The number of benzene rings is 1. The number of rotatable bonds is 8. The van der Waals surface area contributed by atoms with Crippen molar-refractivity contribution in [2.45, 2.75) is 44.4 Å². The number of nitrogens with one attached hydrogen (secondary N) is 3. The monoisotopic (exact) mass is 372 g/mol. The molecule has 0 spiro atoms. The van der Waals surface area contributed by atoms with E-state index in [1.54, 1.807) is 7.11 Å². The molecule has 2 heterocycles. The fourth-order valence-electron chi connectivity index (χ4n) is 3.90. The van der Waals surface area contributed by atoms with Gasteiger partial charge in [-0.2, -0.15) is 0 Å². The number of methoxy groups -OCH3 is 1. The molecule has 3 rings (SSSR count). The molecule has 0 saturated carbocycles. The van der Waals surface area contributed by atoms with Crippen LogP contribution in [0.4, 0.5) is 0 Å². The van der Waals surface area contributed by atoms with Gasteiger partial charge in [-0.25, -0.2) is 0 Å². The number of hydrogen-bond donors (Lipinski definition) is 4. The van der Waals surface area contributed by atoms with Gasteiger partial charge in [-0.1, -0.05) is 25.1 Å². The highest BCUT2D eigenvalue weighted by atomic mass is 16.5. The summed E-state index contributed by atoms with van der Waals surface area (Å²) in [5, 5.41) is 7.22. The van der Waals surface area contributed by atoms with E-state index < -0.39 is 17.9 Å². The van der Waals surface area contributed by atoms with Gasteiger partial charge in [-0.05, 0) is 31.0 Å². The highest BCUT2D eigenvalue weighted by Gasteiger charge is 2.34. The SMILES string of the molecule is COC(C1CCCN1)C(C)C(=O)N[C@@H](Cc1c[nH]c2ccccc12)C(N)=O. The molecular formula is C20H28N4O3. The topological polar surface area (TPSA) is 109 Å². The third-order valence-corrected chi connectivity index (χ3v) is 5.43. The van der Waals surface area contributed by atoms with E-state index in [9.17, 15) is 9.59 Å². The first kappa shape index (κ1) is 19.4. The lowest BCUT2D eigenvalue weighted by molar-refractivity contribution is -0.133. The Labute approximate surface area is 159 Å². The van der Waals surface area contributed by atoms with Crippen LogP contribution in [0.25, 0.3) is 10.9 Å². The van der Waals surface area contributed by atoms with Crippen LogP contribution in [0.2, 0.25) is 0 Å². The summed E-state index contributed by atoms with van der Waals surface area (Å²) in [7, 11) is 1.62. The van der Waals surface area contributed by atoms with Gasteiger partial charge in [0.25, 0.3) is 0 Å². The van der Waals surface area contributed by atoms with E-state index in [1.165, 1.54) is 0 Å². The predicted octanol–water partition coefficient (Wildman–Crippen LogP) is 1.08. The van der Waals surface area contributed by atoms with Crippen molar-refractivity contribution in [1.82, 2.24) is 15.6 Å². The zero-order valence-electron chi connectivity index (χ0n) is 15.8. The van der Waals surface area contributed by atoms with Crippen LogP contribution in [0.5, 0.6) is 0 Å². The number of H-pyrrole nitrogens is 1. The first-order chi connectivity index (χ1) is 13.0. The number of aromatic nitrogens is 1. The van der Waals surface area contributed by atoms with E-state index in [0.29, 0.717) is 6.42 Å². The van der Waals surface area contributed by atoms with Crippen LogP contribution in [0.15, 0.2) is 30.5 Å². The quantitative estimate of drug-likeness (QED) is 0.556. The molecule has 146 valence electrons. The number of aromatic amines is 1. The standard InChI is InChI=1S/C20H28N4O3/c1-12(18(27-2)16-8-5-9-22-16)20(26)24-17(19(21)25)10-13-11-23-15-7-4-3-6-14(13)15/h3-4,6-7,11-12,16-18,22-23H,5,8-10H2,1-2H3,(H2,21,25)(H,24,26)/t12?,16?,17-,18?/m0/s1. The van der Waals surface area contributed by atoms with Crippen LogP contribution in [0.3, 0.4) is 0 Å². The van der Waals surface area contributed by atoms with Crippen molar-refractivity contribution in [3.05, 3.63) is 36.0 Å². The third kappa shape index (κ3) is 4.31. The zero-order valence-corrected chi connectivity index (χ0v) is 15.8. The van der Waals surface area contributed by atoms with Gasteiger partial charge in [0.05, 0.1) is 12.0 Å². The number of nitrogens with two attached hydrogens (primary N) is 1. The average Bonchev–Trinajstić information content (AvgIpc) is 3.32. The third-order valence-electron chi connectivity index (χ3n) is 5.43. The van der Waals surface area contributed by atoms with E-state index in [-0.39, 0.29) is 18.1 Å². The second-order valence-electron chi connectivity index (χ2n) is 7.22. The summed E-state index contributed by atoms with van der Waals surface area (Å²) in [6.07, 6.45) is 4.01. The lowest BCUT2D eigenvalue weighted by Gasteiger charge is -2.28. The lowest BCUT2D eigenvalue weighted by Crippen LogP contribution is -2.52. The number of carbonyl (C=O) groups is 2. The second kappa shape index (κ2) is 8.54. The molecule has 1 fully saturated rings. The van der Waals surface area contributed by atoms with Gasteiger partial charge in [0.2, 0.25) is 11.8 Å². The highest BCUT2D eigenvalue weighted by Crippen LogP contribution is 2.21. The Morgan fingerprint density at radius 2 is 2.15 bits per heavy atom. The maximum Gasteiger partial charge on any atom is 0.240 e. The molecule has 0 bridgehead atoms. The van der Waals surface area contributed by atoms with E-state index in [0.717, 1.165) is 35.9 Å². The molecule has 4 atom stereocenters. The van der Waals surface area contributed by atoms with Crippen molar-refractivity contribution in [2.24, 2.45) is 11.7 Å². The van der Waals surface area contributed by atoms with Gasteiger partial charge >= 0.3 is 0 Å². The molecule has 1 aliphatic rings. The summed E-state index contributed by atoms with van der Waals surface area (Å²) < 4.78 is 5.58. The van der Waals surface area contributed by atoms with Crippen molar-refractivity contribution >= 4 is 22.7 Å². The summed E-state index contributed by atoms with van der Waals surface area (Å²) >= 11 is 0. The summed E-state index contributed by atoms with van der Waals surface area (Å²) in [5.74, 6) is -1.16. The molecule has 0 aliphatic carbocycles. The van der Waals surface area contributed by atoms with Gasteiger partial charge in [-0.3, -0.25) is 9.59 Å². The molecule has 2 aromatic rings. The molecule has 5 N–H and O–H groups in total. The van der Waals surface area contributed by atoms with Crippen LogP contribution in [0.1, 0.15) is 25.3 Å². The number of fused-ring (bicyclic) bond motifs is 1. The van der Waals surface area contributed by atoms with Crippen molar-refractivity contribution in [2.75, 3.05) is 13.7 Å². The summed E-state index contributed by atoms with van der Waals surface area (Å²) in [6, 6.07) is 7.22. The maximum atomic E-state index is 12.8. The van der Waals surface area contributed by atoms with Crippen molar-refractivity contribution < 1.29 is 14.3 Å². The number of para-hydroxylation sites is 1. The molecule has 7 heteroatoms.